The van der Waals surface area contributed by atoms with Gasteiger partial charge in [0.15, 0.2) is 6.17 Å². The summed E-state index contributed by atoms with van der Waals surface area (Å²) in [6.45, 7) is 11.3. The Morgan fingerprint density at radius 1 is 1.17 bits per heavy atom. The minimum atomic E-state index is -0.874. The SMILES string of the molecule is COc1cc(CN2C(=O)N(C(C)C)C(N(O)C(=O)NC(C)C)C2(C)C)cc(OC)c1. The van der Waals surface area contributed by atoms with Gasteiger partial charge in [-0.3, -0.25) is 10.1 Å². The third kappa shape index (κ3) is 4.56. The van der Waals surface area contributed by atoms with Gasteiger partial charge in [-0.05, 0) is 59.2 Å². The van der Waals surface area contributed by atoms with Crippen molar-refractivity contribution in [3.63, 3.8) is 0 Å². The molecule has 9 heteroatoms. The Kier molecular flexibility index (Phi) is 7.07. The van der Waals surface area contributed by atoms with Crippen molar-refractivity contribution in [1.82, 2.24) is 20.2 Å². The van der Waals surface area contributed by atoms with Crippen molar-refractivity contribution in [2.24, 2.45) is 0 Å². The first-order chi connectivity index (χ1) is 13.9. The van der Waals surface area contributed by atoms with Gasteiger partial charge in [-0.1, -0.05) is 0 Å². The Morgan fingerprint density at radius 2 is 1.70 bits per heavy atom. The summed E-state index contributed by atoms with van der Waals surface area (Å²) in [5, 5.41) is 14.1. The van der Waals surface area contributed by atoms with Crippen LogP contribution in [-0.2, 0) is 6.54 Å². The predicted octanol–water partition coefficient (Wildman–Crippen LogP) is 3.26. The third-order valence-corrected chi connectivity index (χ3v) is 5.20. The second-order valence-electron chi connectivity index (χ2n) is 8.57. The highest BCUT2D eigenvalue weighted by Crippen LogP contribution is 2.37. The lowest BCUT2D eigenvalue weighted by Gasteiger charge is -2.39. The average molecular weight is 423 g/mol. The van der Waals surface area contributed by atoms with Crippen LogP contribution in [0, 0.1) is 0 Å². The number of urea groups is 2. The van der Waals surface area contributed by atoms with Crippen molar-refractivity contribution in [3.8, 4) is 11.5 Å². The minimum Gasteiger partial charge on any atom is -0.497 e. The molecular weight excluding hydrogens is 388 g/mol. The Balaban J connectivity index is 2.42. The van der Waals surface area contributed by atoms with E-state index < -0.39 is 17.7 Å². The molecule has 1 aromatic carbocycles. The fourth-order valence-corrected chi connectivity index (χ4v) is 3.73. The Hall–Kier alpha value is -2.68. The number of benzene rings is 1. The van der Waals surface area contributed by atoms with E-state index in [2.05, 4.69) is 5.32 Å². The lowest BCUT2D eigenvalue weighted by Crippen LogP contribution is -2.60. The van der Waals surface area contributed by atoms with E-state index in [-0.39, 0.29) is 24.7 Å². The van der Waals surface area contributed by atoms with Crippen LogP contribution in [0.4, 0.5) is 9.59 Å². The average Bonchev–Trinajstić information content (AvgIpc) is 2.86. The van der Waals surface area contributed by atoms with Crippen molar-refractivity contribution < 1.29 is 24.3 Å². The van der Waals surface area contributed by atoms with E-state index in [1.54, 1.807) is 39.0 Å². The second kappa shape index (κ2) is 8.99. The number of nitrogens with zero attached hydrogens (tertiary/aromatic N) is 3. The fraction of sp³-hybridized carbons (Fsp3) is 0.619. The molecule has 9 nitrogen and oxygen atoms in total. The molecule has 0 aromatic heterocycles. The number of amides is 4. The van der Waals surface area contributed by atoms with Crippen molar-refractivity contribution in [3.05, 3.63) is 23.8 Å². The summed E-state index contributed by atoms with van der Waals surface area (Å²) in [5.74, 6) is 1.23. The molecule has 1 atom stereocenters. The summed E-state index contributed by atoms with van der Waals surface area (Å²) in [6, 6.07) is 4.13. The summed E-state index contributed by atoms with van der Waals surface area (Å²) < 4.78 is 10.7. The van der Waals surface area contributed by atoms with Gasteiger partial charge in [-0.25, -0.2) is 9.59 Å². The molecule has 0 saturated carbocycles. The maximum Gasteiger partial charge on any atom is 0.343 e. The Bertz CT molecular complexity index is 758. The molecule has 1 aliphatic heterocycles. The van der Waals surface area contributed by atoms with E-state index in [4.69, 9.17) is 9.47 Å². The maximum atomic E-state index is 13.4. The van der Waals surface area contributed by atoms with Gasteiger partial charge in [-0.15, -0.1) is 0 Å². The number of hydrogen-bond donors (Lipinski definition) is 2. The van der Waals surface area contributed by atoms with Crippen molar-refractivity contribution in [2.45, 2.75) is 71.9 Å². The summed E-state index contributed by atoms with van der Waals surface area (Å²) in [6.07, 6.45) is -0.865. The van der Waals surface area contributed by atoms with Gasteiger partial charge in [0.25, 0.3) is 0 Å². The molecule has 1 fully saturated rings. The Morgan fingerprint density at radius 3 is 2.13 bits per heavy atom. The molecular formula is C21H34N4O5. The molecule has 30 heavy (non-hydrogen) atoms. The molecule has 168 valence electrons. The summed E-state index contributed by atoms with van der Waals surface area (Å²) in [4.78, 5) is 29.0. The van der Waals surface area contributed by atoms with Crippen molar-refractivity contribution in [1.29, 1.82) is 0 Å². The minimum absolute atomic E-state index is 0.153. The monoisotopic (exact) mass is 422 g/mol. The molecule has 2 N–H and O–H groups in total. The first kappa shape index (κ1) is 23.6. The van der Waals surface area contributed by atoms with Gasteiger partial charge in [0, 0.05) is 24.7 Å². The molecule has 0 bridgehead atoms. The largest absolute Gasteiger partial charge is 0.497 e. The normalized spacial score (nSPS) is 18.2. The zero-order chi connectivity index (χ0) is 22.8. The zero-order valence-corrected chi connectivity index (χ0v) is 19.1. The standard InChI is InChI=1S/C21H34N4O5/c1-13(2)22-19(26)25(28)18-21(5,6)23(20(27)24(18)14(3)4)12-15-9-16(29-7)11-17(10-15)30-8/h9-11,13-14,18,28H,12H2,1-8H3,(H,22,26). The highest BCUT2D eigenvalue weighted by Gasteiger charge is 2.56. The first-order valence-electron chi connectivity index (χ1n) is 10.0. The summed E-state index contributed by atoms with van der Waals surface area (Å²) in [7, 11) is 3.13. The van der Waals surface area contributed by atoms with Crippen LogP contribution in [0.2, 0.25) is 0 Å². The van der Waals surface area contributed by atoms with Crippen LogP contribution in [0.3, 0.4) is 0 Å². The van der Waals surface area contributed by atoms with Crippen molar-refractivity contribution in [2.75, 3.05) is 14.2 Å². The Labute approximate surface area is 178 Å². The van der Waals surface area contributed by atoms with E-state index in [9.17, 15) is 14.8 Å². The zero-order valence-electron chi connectivity index (χ0n) is 19.1. The van der Waals surface area contributed by atoms with Crippen LogP contribution >= 0.6 is 0 Å². The van der Waals surface area contributed by atoms with Gasteiger partial charge in [-0.2, -0.15) is 5.06 Å². The van der Waals surface area contributed by atoms with E-state index in [1.165, 1.54) is 4.90 Å². The lowest BCUT2D eigenvalue weighted by molar-refractivity contribution is -0.138. The molecule has 1 saturated heterocycles. The lowest BCUT2D eigenvalue weighted by atomic mass is 9.98. The number of rotatable bonds is 7. The van der Waals surface area contributed by atoms with Crippen LogP contribution in [0.5, 0.6) is 11.5 Å². The van der Waals surface area contributed by atoms with Gasteiger partial charge in [0.1, 0.15) is 11.5 Å². The molecule has 1 unspecified atom stereocenters. The van der Waals surface area contributed by atoms with Crippen LogP contribution in [-0.4, -0.2) is 70.1 Å². The van der Waals surface area contributed by atoms with Gasteiger partial charge < -0.3 is 19.7 Å². The molecule has 1 aliphatic rings. The molecule has 0 radical (unpaired) electrons. The topological polar surface area (TPSA) is 94.6 Å². The van der Waals surface area contributed by atoms with Gasteiger partial charge >= 0.3 is 12.1 Å². The number of ether oxygens (including phenoxy) is 2. The van der Waals surface area contributed by atoms with Crippen LogP contribution in [0.25, 0.3) is 0 Å². The highest BCUT2D eigenvalue weighted by molar-refractivity contribution is 5.81. The van der Waals surface area contributed by atoms with E-state index >= 15 is 0 Å². The number of nitrogens with one attached hydrogen (secondary N) is 1. The molecule has 0 aliphatic carbocycles. The van der Waals surface area contributed by atoms with Gasteiger partial charge in [0.2, 0.25) is 0 Å². The van der Waals surface area contributed by atoms with Crippen LogP contribution < -0.4 is 14.8 Å². The van der Waals surface area contributed by atoms with Crippen LogP contribution in [0.1, 0.15) is 47.1 Å². The fourth-order valence-electron chi connectivity index (χ4n) is 3.73. The third-order valence-electron chi connectivity index (χ3n) is 5.20. The molecule has 1 heterocycles. The quantitative estimate of drug-likeness (QED) is 0.520. The van der Waals surface area contributed by atoms with E-state index in [1.807, 2.05) is 39.8 Å². The number of hydroxylamine groups is 2. The molecule has 2 rings (SSSR count). The number of methoxy groups -OCH3 is 2. The molecule has 4 amide bonds. The predicted molar refractivity (Wildman–Crippen MR) is 113 cm³/mol. The second-order valence-corrected chi connectivity index (χ2v) is 8.57. The number of carbonyl (C=O) groups excluding carboxylic acids is 2. The first-order valence-corrected chi connectivity index (χ1v) is 10.0. The number of carbonyl (C=O) groups is 2. The van der Waals surface area contributed by atoms with E-state index in [0.29, 0.717) is 16.6 Å². The summed E-state index contributed by atoms with van der Waals surface area (Å²) >= 11 is 0. The number of hydrogen-bond acceptors (Lipinski definition) is 5. The summed E-state index contributed by atoms with van der Waals surface area (Å²) in [5.41, 5.74) is -0.0612. The van der Waals surface area contributed by atoms with Crippen LogP contribution in [0.15, 0.2) is 18.2 Å². The molecule has 0 spiro atoms. The highest BCUT2D eigenvalue weighted by atomic mass is 16.5. The maximum absolute atomic E-state index is 13.4. The smallest absolute Gasteiger partial charge is 0.343 e. The van der Waals surface area contributed by atoms with Crippen molar-refractivity contribution >= 4 is 12.1 Å². The van der Waals surface area contributed by atoms with Gasteiger partial charge in [0.05, 0.1) is 19.8 Å². The molecule has 1 aromatic rings. The van der Waals surface area contributed by atoms with E-state index in [0.717, 1.165) is 5.56 Å².